The van der Waals surface area contributed by atoms with Crippen LogP contribution < -0.4 is 5.32 Å². The lowest BCUT2D eigenvalue weighted by molar-refractivity contribution is 0.187. The number of nitriles is 1. The van der Waals surface area contributed by atoms with E-state index in [0.29, 0.717) is 11.5 Å². The topological polar surface area (TPSA) is 62.9 Å². The molecule has 16 heavy (non-hydrogen) atoms. The lowest BCUT2D eigenvalue weighted by atomic mass is 10.1. The summed E-state index contributed by atoms with van der Waals surface area (Å²) >= 11 is 0. The van der Waals surface area contributed by atoms with Crippen molar-refractivity contribution in [3.05, 3.63) is 11.3 Å². The quantitative estimate of drug-likeness (QED) is 0.827. The second-order valence-corrected chi connectivity index (χ2v) is 4.15. The molecule has 1 aromatic heterocycles. The molecule has 0 spiro atoms. The fourth-order valence-electron chi connectivity index (χ4n) is 1.98. The van der Waals surface area contributed by atoms with Crippen LogP contribution in [0, 0.1) is 24.2 Å². The van der Waals surface area contributed by atoms with Crippen molar-refractivity contribution in [2.24, 2.45) is 13.0 Å². The molecule has 0 amide bonds. The van der Waals surface area contributed by atoms with Crippen molar-refractivity contribution in [1.82, 2.24) is 9.78 Å². The highest BCUT2D eigenvalue weighted by Crippen LogP contribution is 2.19. The van der Waals surface area contributed by atoms with Gasteiger partial charge in [-0.3, -0.25) is 4.68 Å². The van der Waals surface area contributed by atoms with Gasteiger partial charge >= 0.3 is 0 Å². The van der Waals surface area contributed by atoms with E-state index in [1.54, 1.807) is 4.68 Å². The van der Waals surface area contributed by atoms with Gasteiger partial charge < -0.3 is 10.1 Å². The zero-order chi connectivity index (χ0) is 11.5. The molecule has 5 nitrogen and oxygen atoms in total. The number of nitrogens with one attached hydrogen (secondary N) is 1. The largest absolute Gasteiger partial charge is 0.381 e. The molecule has 5 heteroatoms. The van der Waals surface area contributed by atoms with E-state index in [-0.39, 0.29) is 0 Å². The van der Waals surface area contributed by atoms with E-state index in [9.17, 15) is 0 Å². The Labute approximate surface area is 95.0 Å². The molecule has 1 aliphatic heterocycles. The van der Waals surface area contributed by atoms with E-state index in [0.717, 1.165) is 37.7 Å². The second-order valence-electron chi connectivity index (χ2n) is 4.15. The van der Waals surface area contributed by atoms with Crippen LogP contribution in [0.5, 0.6) is 0 Å². The van der Waals surface area contributed by atoms with Gasteiger partial charge in [0, 0.05) is 26.1 Å². The molecule has 1 aliphatic rings. The predicted molar refractivity (Wildman–Crippen MR) is 60.1 cm³/mol. The molecule has 86 valence electrons. The van der Waals surface area contributed by atoms with E-state index in [4.69, 9.17) is 10.00 Å². The minimum absolute atomic E-state index is 0.543. The normalized spacial score (nSPS) is 19.7. The van der Waals surface area contributed by atoms with Crippen LogP contribution in [-0.4, -0.2) is 29.5 Å². The third kappa shape index (κ3) is 2.02. The fraction of sp³-hybridized carbons (Fsp3) is 0.636. The van der Waals surface area contributed by atoms with Crippen molar-refractivity contribution in [1.29, 1.82) is 5.26 Å². The number of hydrogen-bond donors (Lipinski definition) is 1. The Balaban J connectivity index is 2.06. The van der Waals surface area contributed by atoms with Crippen LogP contribution >= 0.6 is 0 Å². The maximum Gasteiger partial charge on any atom is 0.142 e. The minimum Gasteiger partial charge on any atom is -0.381 e. The molecule has 1 N–H and O–H groups in total. The first-order chi connectivity index (χ1) is 7.72. The first-order valence-corrected chi connectivity index (χ1v) is 5.47. The van der Waals surface area contributed by atoms with E-state index < -0.39 is 0 Å². The number of aryl methyl sites for hydroxylation is 2. The molecule has 2 heterocycles. The molecule has 2 rings (SSSR count). The van der Waals surface area contributed by atoms with Gasteiger partial charge in [-0.2, -0.15) is 10.4 Å². The summed E-state index contributed by atoms with van der Waals surface area (Å²) in [7, 11) is 1.85. The maximum absolute atomic E-state index is 9.04. The summed E-state index contributed by atoms with van der Waals surface area (Å²) in [6.45, 7) is 4.35. The van der Waals surface area contributed by atoms with E-state index in [2.05, 4.69) is 16.5 Å². The highest BCUT2D eigenvalue weighted by molar-refractivity contribution is 5.54. The monoisotopic (exact) mass is 220 g/mol. The van der Waals surface area contributed by atoms with Crippen LogP contribution in [-0.2, 0) is 11.8 Å². The summed E-state index contributed by atoms with van der Waals surface area (Å²) in [6, 6.07) is 2.18. The van der Waals surface area contributed by atoms with Crippen molar-refractivity contribution in [2.75, 3.05) is 25.1 Å². The summed E-state index contributed by atoms with van der Waals surface area (Å²) in [6.07, 6.45) is 1.09. The number of anilines is 1. The Bertz CT molecular complexity index is 412. The highest BCUT2D eigenvalue weighted by Gasteiger charge is 2.18. The minimum atomic E-state index is 0.543. The van der Waals surface area contributed by atoms with Gasteiger partial charge in [-0.05, 0) is 13.3 Å². The lowest BCUT2D eigenvalue weighted by Crippen LogP contribution is -2.16. The SMILES string of the molecule is Cc1nn(C)c(NCC2CCOC2)c1C#N. The van der Waals surface area contributed by atoms with Crippen LogP contribution in [0.25, 0.3) is 0 Å². The number of ether oxygens (including phenoxy) is 1. The van der Waals surface area contributed by atoms with Crippen LogP contribution in [0.4, 0.5) is 5.82 Å². The Hall–Kier alpha value is -1.54. The second kappa shape index (κ2) is 4.54. The van der Waals surface area contributed by atoms with Crippen molar-refractivity contribution in [3.63, 3.8) is 0 Å². The van der Waals surface area contributed by atoms with Crippen LogP contribution in [0.1, 0.15) is 17.7 Å². The molecule has 0 saturated carbocycles. The number of hydrogen-bond acceptors (Lipinski definition) is 4. The van der Waals surface area contributed by atoms with Gasteiger partial charge in [-0.25, -0.2) is 0 Å². The average molecular weight is 220 g/mol. The van der Waals surface area contributed by atoms with Crippen molar-refractivity contribution < 1.29 is 4.74 Å². The molecule has 1 unspecified atom stereocenters. The summed E-state index contributed by atoms with van der Waals surface area (Å²) in [5, 5.41) is 16.6. The number of nitrogens with zero attached hydrogens (tertiary/aromatic N) is 3. The maximum atomic E-state index is 9.04. The Morgan fingerprint density at radius 3 is 3.12 bits per heavy atom. The van der Waals surface area contributed by atoms with Gasteiger partial charge in [0.15, 0.2) is 0 Å². The molecule has 1 fully saturated rings. The predicted octanol–water partition coefficient (Wildman–Crippen LogP) is 1.05. The van der Waals surface area contributed by atoms with Gasteiger partial charge in [0.25, 0.3) is 0 Å². The summed E-state index contributed by atoms with van der Waals surface area (Å²) in [5.41, 5.74) is 1.41. The Morgan fingerprint density at radius 1 is 1.69 bits per heavy atom. The summed E-state index contributed by atoms with van der Waals surface area (Å²) in [5.74, 6) is 1.36. The molecule has 0 bridgehead atoms. The molecule has 0 aliphatic carbocycles. The van der Waals surface area contributed by atoms with Gasteiger partial charge in [-0.1, -0.05) is 0 Å². The molecule has 1 atom stereocenters. The molecular formula is C11H16N4O. The highest BCUT2D eigenvalue weighted by atomic mass is 16.5. The first-order valence-electron chi connectivity index (χ1n) is 5.47. The van der Waals surface area contributed by atoms with E-state index >= 15 is 0 Å². The van der Waals surface area contributed by atoms with Crippen LogP contribution in [0.3, 0.4) is 0 Å². The van der Waals surface area contributed by atoms with Gasteiger partial charge in [0.2, 0.25) is 0 Å². The van der Waals surface area contributed by atoms with Crippen molar-refractivity contribution in [3.8, 4) is 6.07 Å². The number of aromatic nitrogens is 2. The van der Waals surface area contributed by atoms with Crippen LogP contribution in [0.2, 0.25) is 0 Å². The third-order valence-electron chi connectivity index (χ3n) is 2.92. The van der Waals surface area contributed by atoms with Gasteiger partial charge in [0.05, 0.1) is 12.3 Å². The van der Waals surface area contributed by atoms with Gasteiger partial charge in [-0.15, -0.1) is 0 Å². The Kier molecular flexibility index (Phi) is 3.11. The van der Waals surface area contributed by atoms with Crippen molar-refractivity contribution >= 4 is 5.82 Å². The first kappa shape index (κ1) is 11.0. The smallest absolute Gasteiger partial charge is 0.142 e. The standard InChI is InChI=1S/C11H16N4O/c1-8-10(5-12)11(15(2)14-8)13-6-9-3-4-16-7-9/h9,13H,3-4,6-7H2,1-2H3. The summed E-state index contributed by atoms with van der Waals surface area (Å²) < 4.78 is 7.04. The van der Waals surface area contributed by atoms with Gasteiger partial charge in [0.1, 0.15) is 17.5 Å². The molecular weight excluding hydrogens is 204 g/mol. The Morgan fingerprint density at radius 2 is 2.50 bits per heavy atom. The molecule has 0 aromatic carbocycles. The fourth-order valence-corrected chi connectivity index (χ4v) is 1.98. The number of rotatable bonds is 3. The lowest BCUT2D eigenvalue weighted by Gasteiger charge is -2.10. The molecule has 1 saturated heterocycles. The zero-order valence-corrected chi connectivity index (χ0v) is 9.66. The van der Waals surface area contributed by atoms with Crippen LogP contribution in [0.15, 0.2) is 0 Å². The summed E-state index contributed by atoms with van der Waals surface area (Å²) in [4.78, 5) is 0. The van der Waals surface area contributed by atoms with Crippen molar-refractivity contribution in [2.45, 2.75) is 13.3 Å². The zero-order valence-electron chi connectivity index (χ0n) is 9.66. The average Bonchev–Trinajstić information content (AvgIpc) is 2.83. The molecule has 1 aromatic rings. The van der Waals surface area contributed by atoms with E-state index in [1.165, 1.54) is 0 Å². The third-order valence-corrected chi connectivity index (χ3v) is 2.92. The molecule has 0 radical (unpaired) electrons. The van der Waals surface area contributed by atoms with E-state index in [1.807, 2.05) is 14.0 Å².